The smallest absolute Gasteiger partial charge is 0.256 e. The molecular formula is C47H71ClN10O11. The van der Waals surface area contributed by atoms with E-state index < -0.39 is 0 Å². The number of ether oxygens (including phenoxy) is 11. The Morgan fingerprint density at radius 3 is 1.84 bits per heavy atom. The Morgan fingerprint density at radius 2 is 1.26 bits per heavy atom. The third-order valence-corrected chi connectivity index (χ3v) is 12.4. The molecule has 4 aromatic rings. The molecule has 0 spiro atoms. The van der Waals surface area contributed by atoms with Crippen molar-refractivity contribution in [2.24, 2.45) is 0 Å². The Hall–Kier alpha value is -4.13. The van der Waals surface area contributed by atoms with Gasteiger partial charge in [0, 0.05) is 56.2 Å². The minimum Gasteiger partial charge on any atom is -0.487 e. The van der Waals surface area contributed by atoms with Crippen molar-refractivity contribution in [3.05, 3.63) is 48.1 Å². The van der Waals surface area contributed by atoms with Gasteiger partial charge in [0.15, 0.2) is 0 Å². The first-order valence-corrected chi connectivity index (χ1v) is 24.8. The van der Waals surface area contributed by atoms with Gasteiger partial charge in [0.2, 0.25) is 5.95 Å². The number of rotatable bonds is 35. The summed E-state index contributed by atoms with van der Waals surface area (Å²) in [5.74, 6) is 1.48. The monoisotopic (exact) mass is 986 g/mol. The molecule has 5 heterocycles. The molecule has 0 radical (unpaired) electrons. The van der Waals surface area contributed by atoms with Crippen LogP contribution in [-0.4, -0.2) is 195 Å². The summed E-state index contributed by atoms with van der Waals surface area (Å²) in [6.45, 7) is 12.3. The molecule has 3 aliphatic rings. The van der Waals surface area contributed by atoms with Crippen molar-refractivity contribution >= 4 is 23.2 Å². The summed E-state index contributed by atoms with van der Waals surface area (Å²) in [7, 11) is 1.65. The second kappa shape index (κ2) is 29.9. The van der Waals surface area contributed by atoms with Gasteiger partial charge >= 0.3 is 0 Å². The number of benzene rings is 1. The highest BCUT2D eigenvalue weighted by Crippen LogP contribution is 2.40. The number of nitrogens with one attached hydrogen (secondary N) is 1. The number of halogens is 1. The van der Waals surface area contributed by atoms with E-state index in [0.717, 1.165) is 50.0 Å². The van der Waals surface area contributed by atoms with Gasteiger partial charge in [-0.15, -0.1) is 10.2 Å². The fourth-order valence-electron chi connectivity index (χ4n) is 8.74. The van der Waals surface area contributed by atoms with Crippen LogP contribution in [0.2, 0.25) is 5.02 Å². The number of fused-ring (bicyclic) bond motifs is 2. The second-order valence-electron chi connectivity index (χ2n) is 17.2. The molecule has 1 aromatic carbocycles. The number of tetrazole rings is 1. The third kappa shape index (κ3) is 17.6. The summed E-state index contributed by atoms with van der Waals surface area (Å²) < 4.78 is 65.8. The lowest BCUT2D eigenvalue weighted by molar-refractivity contribution is -0.0458. The average molecular weight is 988 g/mol. The summed E-state index contributed by atoms with van der Waals surface area (Å²) in [4.78, 5) is 12.1. The maximum atomic E-state index is 6.52. The molecule has 21 nitrogen and oxygen atoms in total. The van der Waals surface area contributed by atoms with Crippen LogP contribution in [0.4, 0.5) is 11.6 Å². The largest absolute Gasteiger partial charge is 0.487 e. The second-order valence-corrected chi connectivity index (χ2v) is 17.6. The fraction of sp³-hybridized carbons (Fsp3) is 0.702. The Labute approximate surface area is 410 Å². The van der Waals surface area contributed by atoms with Gasteiger partial charge in [0.25, 0.3) is 5.88 Å². The molecule has 2 bridgehead atoms. The van der Waals surface area contributed by atoms with Gasteiger partial charge in [0.1, 0.15) is 23.9 Å². The van der Waals surface area contributed by atoms with Crippen LogP contribution in [0.5, 0.6) is 11.6 Å². The van der Waals surface area contributed by atoms with Crippen molar-refractivity contribution in [1.82, 2.24) is 44.9 Å². The number of nitrogens with zero attached hydrogens (tertiary/aromatic N) is 9. The molecule has 382 valence electrons. The van der Waals surface area contributed by atoms with Crippen LogP contribution >= 0.6 is 11.6 Å². The summed E-state index contributed by atoms with van der Waals surface area (Å²) in [6, 6.07) is 7.60. The Kier molecular flexibility index (Phi) is 22.8. The molecule has 1 aliphatic carbocycles. The van der Waals surface area contributed by atoms with E-state index in [1.54, 1.807) is 36.6 Å². The molecule has 3 fully saturated rings. The van der Waals surface area contributed by atoms with Gasteiger partial charge in [-0.3, -0.25) is 9.58 Å². The van der Waals surface area contributed by atoms with E-state index in [2.05, 4.69) is 40.4 Å². The molecule has 3 aromatic heterocycles. The van der Waals surface area contributed by atoms with Crippen molar-refractivity contribution in [3.63, 3.8) is 0 Å². The molecule has 2 saturated heterocycles. The van der Waals surface area contributed by atoms with Crippen LogP contribution in [0, 0.1) is 0 Å². The van der Waals surface area contributed by atoms with Crippen LogP contribution in [0.1, 0.15) is 57.9 Å². The maximum Gasteiger partial charge on any atom is 0.256 e. The third-order valence-electron chi connectivity index (χ3n) is 12.1. The number of anilines is 2. The zero-order valence-corrected chi connectivity index (χ0v) is 41.0. The molecule has 0 amide bonds. The zero-order chi connectivity index (χ0) is 47.7. The highest BCUT2D eigenvalue weighted by molar-refractivity contribution is 6.32. The number of hydrogen-bond acceptors (Lipinski definition) is 19. The van der Waals surface area contributed by atoms with E-state index in [1.165, 1.54) is 12.8 Å². The topological polar surface area (TPSA) is 204 Å². The Bertz CT molecular complexity index is 1980. The lowest BCUT2D eigenvalue weighted by Crippen LogP contribution is -2.52. The molecule has 69 heavy (non-hydrogen) atoms. The lowest BCUT2D eigenvalue weighted by Gasteiger charge is -2.43. The summed E-state index contributed by atoms with van der Waals surface area (Å²) in [5.41, 5.74) is 2.38. The molecule has 7 rings (SSSR count). The van der Waals surface area contributed by atoms with Crippen LogP contribution < -0.4 is 14.8 Å². The van der Waals surface area contributed by atoms with Crippen molar-refractivity contribution in [2.45, 2.75) is 88.7 Å². The minimum atomic E-state index is -0.226. The Balaban J connectivity index is 0.800. The predicted octanol–water partition coefficient (Wildman–Crippen LogP) is 5.07. The lowest BCUT2D eigenvalue weighted by atomic mass is 9.89. The van der Waals surface area contributed by atoms with Crippen LogP contribution in [0.15, 0.2) is 43.1 Å². The van der Waals surface area contributed by atoms with Crippen LogP contribution in [0.3, 0.4) is 0 Å². The van der Waals surface area contributed by atoms with E-state index in [1.807, 2.05) is 25.3 Å². The van der Waals surface area contributed by atoms with Gasteiger partial charge in [-0.25, -0.2) is 14.6 Å². The number of hydrogen-bond donors (Lipinski definition) is 1. The molecule has 0 unspecified atom stereocenters. The highest BCUT2D eigenvalue weighted by Gasteiger charge is 2.42. The van der Waals surface area contributed by atoms with Crippen LogP contribution in [-0.2, 0) is 49.2 Å². The molecular weight excluding hydrogens is 916 g/mol. The van der Waals surface area contributed by atoms with Gasteiger partial charge in [-0.2, -0.15) is 0 Å². The molecule has 1 N–H and O–H groups in total. The first-order valence-electron chi connectivity index (χ1n) is 24.4. The fourth-order valence-corrected chi connectivity index (χ4v) is 8.90. The molecule has 22 heteroatoms. The summed E-state index contributed by atoms with van der Waals surface area (Å²) in [6.07, 6.45) is 14.4. The van der Waals surface area contributed by atoms with E-state index in [-0.39, 0.29) is 12.1 Å². The quantitative estimate of drug-likeness (QED) is 0.0598. The first-order chi connectivity index (χ1) is 34.0. The average Bonchev–Trinajstić information content (AvgIpc) is 4.09. The molecule has 3 atom stereocenters. The summed E-state index contributed by atoms with van der Waals surface area (Å²) >= 11 is 6.52. The van der Waals surface area contributed by atoms with E-state index in [4.69, 9.17) is 68.8 Å². The standard InChI is InChI=1S/C47H71ClN10O11/c1-36(31-56-35-51-54-55-56)69-45-28-37(4-11-43(45)48)38-29-49-47(50-30-38)52-44-32-57(39-5-7-40(8-6-39)58-41-9-10-42(58)34-67-33-41)53-46(44)68-13-3-12-60-16-17-62-20-21-64-24-25-66-27-26-65-23-22-63-19-18-61-15-14-59-2/h4,11,28-30,32,35-36,39-42H,3,5-10,12-27,31,33-34H2,1-2H3,(H,49,50,52)/t36-,39-,40-,41-,42+/m0/s1. The van der Waals surface area contributed by atoms with Gasteiger partial charge in [0.05, 0.1) is 136 Å². The first kappa shape index (κ1) is 52.7. The number of aromatic nitrogens is 8. The minimum absolute atomic E-state index is 0.226. The molecule has 1 saturated carbocycles. The van der Waals surface area contributed by atoms with Crippen molar-refractivity contribution in [2.75, 3.05) is 131 Å². The SMILES string of the molecule is COCCOCCOCCOCCOCCOCCOCCOCCCOc1nn([C@H]2CC[C@H](N3[C@@H]4CC[C@H]3COC4)CC2)cc1Nc1ncc(-c2ccc(Cl)c(O[C@@H](C)Cn3cnnn3)c2)cn1. The highest BCUT2D eigenvalue weighted by atomic mass is 35.5. The van der Waals surface area contributed by atoms with E-state index in [9.17, 15) is 0 Å². The zero-order valence-electron chi connectivity index (χ0n) is 40.2. The van der Waals surface area contributed by atoms with Gasteiger partial charge in [-0.05, 0) is 73.6 Å². The molecule has 2 aliphatic heterocycles. The van der Waals surface area contributed by atoms with Gasteiger partial charge < -0.3 is 57.4 Å². The predicted molar refractivity (Wildman–Crippen MR) is 254 cm³/mol. The maximum absolute atomic E-state index is 6.52. The normalized spacial score (nSPS) is 19.8. The van der Waals surface area contributed by atoms with Crippen molar-refractivity contribution < 1.29 is 52.1 Å². The van der Waals surface area contributed by atoms with Crippen molar-refractivity contribution in [1.29, 1.82) is 0 Å². The van der Waals surface area contributed by atoms with Crippen molar-refractivity contribution in [3.8, 4) is 22.8 Å². The Morgan fingerprint density at radius 1 is 0.696 bits per heavy atom. The summed E-state index contributed by atoms with van der Waals surface area (Å²) in [5, 5.41) is 20.1. The number of morpholine rings is 1. The van der Waals surface area contributed by atoms with Gasteiger partial charge in [-0.1, -0.05) is 17.7 Å². The van der Waals surface area contributed by atoms with E-state index >= 15 is 0 Å². The van der Waals surface area contributed by atoms with Crippen LogP contribution in [0.25, 0.3) is 11.1 Å². The number of methoxy groups -OCH3 is 1. The van der Waals surface area contributed by atoms with E-state index in [0.29, 0.717) is 165 Å².